The lowest BCUT2D eigenvalue weighted by Gasteiger charge is -2.45. The maximum atomic E-state index is 13.1. The topological polar surface area (TPSA) is 110 Å². The second kappa shape index (κ2) is 8.16. The molecule has 0 aromatic heterocycles. The Bertz CT molecular complexity index is 971. The molecular weight excluding hydrogens is 444 g/mol. The third-order valence-electron chi connectivity index (χ3n) is 4.96. The van der Waals surface area contributed by atoms with E-state index in [0.29, 0.717) is 28.8 Å². The number of anilines is 1. The molecule has 29 heavy (non-hydrogen) atoms. The molecule has 0 bridgehead atoms. The van der Waals surface area contributed by atoms with E-state index in [1.54, 1.807) is 28.0 Å². The molecule has 2 aromatic carbocycles. The number of amides is 1. The summed E-state index contributed by atoms with van der Waals surface area (Å²) in [5.41, 5.74) is 0.224. The van der Waals surface area contributed by atoms with Crippen molar-refractivity contribution in [2.75, 3.05) is 18.0 Å². The first-order valence-electron chi connectivity index (χ1n) is 8.95. The highest BCUT2D eigenvalue weighted by atomic mass is 79.9. The molecule has 0 radical (unpaired) electrons. The summed E-state index contributed by atoms with van der Waals surface area (Å²) in [6.07, 6.45) is 0. The van der Waals surface area contributed by atoms with E-state index in [-0.39, 0.29) is 29.4 Å². The zero-order chi connectivity index (χ0) is 21.3. The number of nitrogens with zero attached hydrogens (tertiary/aromatic N) is 4. The van der Waals surface area contributed by atoms with Crippen LogP contribution in [0, 0.1) is 20.2 Å². The van der Waals surface area contributed by atoms with Gasteiger partial charge in [-0.1, -0.05) is 12.1 Å². The number of carbonyl (C=O) groups is 1. The van der Waals surface area contributed by atoms with Crippen LogP contribution < -0.4 is 4.90 Å². The third kappa shape index (κ3) is 4.07. The van der Waals surface area contributed by atoms with Crippen molar-refractivity contribution in [1.29, 1.82) is 0 Å². The smallest absolute Gasteiger partial charge is 0.299 e. The molecule has 152 valence electrons. The summed E-state index contributed by atoms with van der Waals surface area (Å²) in [5.74, 6) is -0.115. The Morgan fingerprint density at radius 3 is 2.21 bits per heavy atom. The molecule has 1 saturated heterocycles. The number of hydrogen-bond acceptors (Lipinski definition) is 6. The van der Waals surface area contributed by atoms with Crippen molar-refractivity contribution in [2.24, 2.45) is 0 Å². The van der Waals surface area contributed by atoms with Gasteiger partial charge in [0.2, 0.25) is 0 Å². The van der Waals surface area contributed by atoms with Gasteiger partial charge in [-0.2, -0.15) is 0 Å². The summed E-state index contributed by atoms with van der Waals surface area (Å²) in [5, 5.41) is 22.5. The van der Waals surface area contributed by atoms with Gasteiger partial charge in [0.1, 0.15) is 5.69 Å². The van der Waals surface area contributed by atoms with Gasteiger partial charge in [-0.25, -0.2) is 0 Å². The molecule has 0 aliphatic carbocycles. The highest BCUT2D eigenvalue weighted by Crippen LogP contribution is 2.34. The van der Waals surface area contributed by atoms with Crippen molar-refractivity contribution in [3.8, 4) is 0 Å². The van der Waals surface area contributed by atoms with E-state index < -0.39 is 9.85 Å². The van der Waals surface area contributed by atoms with E-state index in [4.69, 9.17) is 0 Å². The van der Waals surface area contributed by atoms with Crippen molar-refractivity contribution in [1.82, 2.24) is 4.90 Å². The van der Waals surface area contributed by atoms with Crippen LogP contribution in [0.4, 0.5) is 17.1 Å². The first kappa shape index (κ1) is 20.7. The quantitative estimate of drug-likeness (QED) is 0.501. The van der Waals surface area contributed by atoms with Crippen LogP contribution in [0.5, 0.6) is 0 Å². The zero-order valence-corrected chi connectivity index (χ0v) is 17.4. The van der Waals surface area contributed by atoms with E-state index in [1.807, 2.05) is 19.9 Å². The Kier molecular flexibility index (Phi) is 5.83. The second-order valence-corrected chi connectivity index (χ2v) is 7.84. The summed E-state index contributed by atoms with van der Waals surface area (Å²) in [6, 6.07) is 10.4. The van der Waals surface area contributed by atoms with Gasteiger partial charge < -0.3 is 9.80 Å². The van der Waals surface area contributed by atoms with Gasteiger partial charge in [-0.3, -0.25) is 25.0 Å². The number of nitro groups is 2. The van der Waals surface area contributed by atoms with E-state index >= 15 is 0 Å². The number of piperazine rings is 1. The van der Waals surface area contributed by atoms with E-state index in [2.05, 4.69) is 15.9 Å². The van der Waals surface area contributed by atoms with Crippen LogP contribution in [-0.4, -0.2) is 45.8 Å². The average molecular weight is 463 g/mol. The van der Waals surface area contributed by atoms with Gasteiger partial charge in [0.25, 0.3) is 17.3 Å². The lowest BCUT2D eigenvalue weighted by Crippen LogP contribution is -2.58. The van der Waals surface area contributed by atoms with Crippen molar-refractivity contribution in [3.05, 3.63) is 72.7 Å². The maximum Gasteiger partial charge on any atom is 0.299 e. The van der Waals surface area contributed by atoms with Crippen molar-refractivity contribution in [2.45, 2.75) is 25.9 Å². The van der Waals surface area contributed by atoms with E-state index in [1.165, 1.54) is 12.1 Å². The minimum absolute atomic E-state index is 0.115. The lowest BCUT2D eigenvalue weighted by molar-refractivity contribution is -0.393. The molecule has 1 heterocycles. The molecular formula is C19H19BrN4O5. The average Bonchev–Trinajstić information content (AvgIpc) is 2.67. The predicted molar refractivity (Wildman–Crippen MR) is 111 cm³/mol. The molecule has 2 aromatic rings. The molecule has 1 aliphatic heterocycles. The maximum absolute atomic E-state index is 13.1. The van der Waals surface area contributed by atoms with Crippen molar-refractivity contribution in [3.63, 3.8) is 0 Å². The minimum Gasteiger partial charge on any atom is -0.362 e. The number of nitro benzene ring substituents is 2. The molecule has 2 atom stereocenters. The highest BCUT2D eigenvalue weighted by molar-refractivity contribution is 9.10. The summed E-state index contributed by atoms with van der Waals surface area (Å²) in [7, 11) is 0. The fraction of sp³-hybridized carbons (Fsp3) is 0.316. The number of carbonyl (C=O) groups excluding carboxylic acids is 1. The molecule has 10 heteroatoms. The van der Waals surface area contributed by atoms with E-state index in [0.717, 1.165) is 6.07 Å². The van der Waals surface area contributed by atoms with Gasteiger partial charge in [0.05, 0.1) is 21.5 Å². The van der Waals surface area contributed by atoms with Gasteiger partial charge in [0.15, 0.2) is 0 Å². The molecule has 1 aliphatic rings. The fourth-order valence-electron chi connectivity index (χ4n) is 3.73. The molecule has 0 N–H and O–H groups in total. The van der Waals surface area contributed by atoms with Crippen LogP contribution in [0.15, 0.2) is 46.9 Å². The Morgan fingerprint density at radius 2 is 1.66 bits per heavy atom. The van der Waals surface area contributed by atoms with Crippen molar-refractivity contribution < 1.29 is 14.6 Å². The van der Waals surface area contributed by atoms with Gasteiger partial charge in [0, 0.05) is 35.7 Å². The molecule has 1 fully saturated rings. The van der Waals surface area contributed by atoms with Crippen LogP contribution >= 0.6 is 15.9 Å². The first-order chi connectivity index (χ1) is 13.7. The molecule has 1 amide bonds. The number of benzene rings is 2. The number of rotatable bonds is 4. The number of non-ortho nitro benzene ring substituents is 1. The Labute approximate surface area is 175 Å². The number of halogens is 1. The van der Waals surface area contributed by atoms with Gasteiger partial charge in [-0.15, -0.1) is 0 Å². The molecule has 2 unspecified atom stereocenters. The predicted octanol–water partition coefficient (Wildman–Crippen LogP) is 4.00. The van der Waals surface area contributed by atoms with Crippen LogP contribution in [0.25, 0.3) is 0 Å². The Morgan fingerprint density at radius 1 is 1.03 bits per heavy atom. The molecule has 0 spiro atoms. The number of hydrogen-bond donors (Lipinski definition) is 0. The minimum atomic E-state index is -0.656. The lowest BCUT2D eigenvalue weighted by atomic mass is 10.0. The summed E-state index contributed by atoms with van der Waals surface area (Å²) >= 11 is 3.41. The fourth-order valence-corrected chi connectivity index (χ4v) is 4.19. The Hall–Kier alpha value is -3.01. The SMILES string of the molecule is CC1CN(c2ccc([N+](=O)[O-])cc2[N+](=O)[O-])CC(C)N1C(=O)c1ccccc1Br. The highest BCUT2D eigenvalue weighted by Gasteiger charge is 2.36. The molecule has 0 saturated carbocycles. The molecule has 3 rings (SSSR count). The third-order valence-corrected chi connectivity index (χ3v) is 5.66. The largest absolute Gasteiger partial charge is 0.362 e. The van der Waals surface area contributed by atoms with Crippen molar-refractivity contribution >= 4 is 38.9 Å². The van der Waals surface area contributed by atoms with Gasteiger partial charge in [-0.05, 0) is 48.0 Å². The summed E-state index contributed by atoms with van der Waals surface area (Å²) in [4.78, 5) is 37.8. The first-order valence-corrected chi connectivity index (χ1v) is 9.75. The van der Waals surface area contributed by atoms with Crippen LogP contribution in [0.3, 0.4) is 0 Å². The van der Waals surface area contributed by atoms with Crippen LogP contribution in [-0.2, 0) is 0 Å². The van der Waals surface area contributed by atoms with Crippen LogP contribution in [0.1, 0.15) is 24.2 Å². The van der Waals surface area contributed by atoms with E-state index in [9.17, 15) is 25.0 Å². The normalized spacial score (nSPS) is 19.1. The molecule has 9 nitrogen and oxygen atoms in total. The summed E-state index contributed by atoms with van der Waals surface area (Å²) < 4.78 is 0.706. The van der Waals surface area contributed by atoms with Gasteiger partial charge >= 0.3 is 0 Å². The summed E-state index contributed by atoms with van der Waals surface area (Å²) in [6.45, 7) is 4.52. The Balaban J connectivity index is 1.89. The zero-order valence-electron chi connectivity index (χ0n) is 15.8. The monoisotopic (exact) mass is 462 g/mol. The standard InChI is InChI=1S/C19H19BrN4O5/c1-12-10-21(17-8-7-14(23(26)27)9-18(17)24(28)29)11-13(2)22(12)19(25)15-5-3-4-6-16(15)20/h3-9,12-13H,10-11H2,1-2H3. The second-order valence-electron chi connectivity index (χ2n) is 6.98. The van der Waals surface area contributed by atoms with Crippen LogP contribution in [0.2, 0.25) is 0 Å².